The van der Waals surface area contributed by atoms with Gasteiger partial charge in [0.25, 0.3) is 0 Å². The van der Waals surface area contributed by atoms with E-state index in [1.165, 1.54) is 0 Å². The third-order valence-corrected chi connectivity index (χ3v) is 5.21. The molecule has 0 amide bonds. The van der Waals surface area contributed by atoms with E-state index in [0.29, 0.717) is 12.8 Å². The number of allylic oxidation sites excluding steroid dienone is 1. The Balaban J connectivity index is 4.75. The van der Waals surface area contributed by atoms with E-state index in [9.17, 15) is 52.7 Å². The molecule has 0 aromatic heterocycles. The topological polar surface area (TPSA) is 84.8 Å². The molecule has 0 radical (unpaired) electrons. The quantitative estimate of drug-likeness (QED) is 0.0491. The van der Waals surface area contributed by atoms with E-state index in [4.69, 9.17) is 14.6 Å². The average Bonchev–Trinajstić information content (AvgIpc) is 2.88. The van der Waals surface area contributed by atoms with E-state index in [-0.39, 0.29) is 32.8 Å². The predicted molar refractivity (Wildman–Crippen MR) is 130 cm³/mol. The molecule has 0 fully saturated rings. The minimum absolute atomic E-state index is 0.0259. The van der Waals surface area contributed by atoms with Crippen molar-refractivity contribution in [3.05, 3.63) is 12.7 Å². The Morgan fingerprint density at radius 2 is 0.800 bits per heavy atom. The number of alkyl halides is 12. The highest BCUT2D eigenvalue weighted by Gasteiger charge is 2.74. The van der Waals surface area contributed by atoms with Crippen LogP contribution in [0.15, 0.2) is 12.7 Å². The third-order valence-electron chi connectivity index (χ3n) is 5.21. The summed E-state index contributed by atoms with van der Waals surface area (Å²) in [5.74, 6) is 0. The third kappa shape index (κ3) is 19.1. The Labute approximate surface area is 251 Å². The molecule has 8 nitrogen and oxygen atoms in total. The van der Waals surface area contributed by atoms with Gasteiger partial charge in [-0.05, 0) is 19.3 Å². The lowest BCUT2D eigenvalue weighted by molar-refractivity contribution is -0.558. The van der Waals surface area contributed by atoms with Crippen LogP contribution >= 0.6 is 0 Å². The van der Waals surface area contributed by atoms with Crippen molar-refractivity contribution in [2.75, 3.05) is 59.5 Å². The van der Waals surface area contributed by atoms with Gasteiger partial charge in [0.15, 0.2) is 0 Å². The number of unbranched alkanes of at least 4 members (excludes halogenated alkanes) is 7. The van der Waals surface area contributed by atoms with Crippen molar-refractivity contribution < 1.29 is 90.9 Å². The fourth-order valence-corrected chi connectivity index (χ4v) is 3.10. The molecule has 0 aromatic carbocycles. The van der Waals surface area contributed by atoms with Gasteiger partial charge in [-0.2, -0.15) is 52.7 Å². The number of rotatable bonds is 30. The molecule has 0 atom stereocenters. The summed E-state index contributed by atoms with van der Waals surface area (Å²) in [4.78, 5) is 0. The Morgan fingerprint density at radius 1 is 0.444 bits per heavy atom. The molecular weight excluding hydrogens is 656 g/mol. The maximum absolute atomic E-state index is 13.7. The van der Waals surface area contributed by atoms with Gasteiger partial charge < -0.3 is 24.1 Å². The van der Waals surface area contributed by atoms with Gasteiger partial charge in [-0.25, -0.2) is 14.2 Å². The van der Waals surface area contributed by atoms with Crippen LogP contribution in [0, 0.1) is 0 Å². The molecule has 0 spiro atoms. The van der Waals surface area contributed by atoms with Gasteiger partial charge in [-0.1, -0.05) is 38.2 Å². The second kappa shape index (κ2) is 20.7. The van der Waals surface area contributed by atoms with Gasteiger partial charge in [0, 0.05) is 6.61 Å². The van der Waals surface area contributed by atoms with Crippen molar-refractivity contribution >= 4 is 0 Å². The highest BCUT2D eigenvalue weighted by atomic mass is 19.4. The van der Waals surface area contributed by atoms with Crippen LogP contribution in [-0.2, 0) is 33.2 Å². The van der Waals surface area contributed by atoms with Crippen molar-refractivity contribution in [3.63, 3.8) is 0 Å². The predicted octanol–water partition coefficient (Wildman–Crippen LogP) is 6.96. The standard InChI is InChI=1S/C25H38F12O8/c1-2-3-4-5-6-7-8-9-10-12-41-18-20(26,27)43-22(30,31)24(34,35)45-25(36,37)23(32,33)44-21(28,29)19-42-17-16-40-15-14-39-13-11-38/h2,38H,1,3-19H2. The summed E-state index contributed by atoms with van der Waals surface area (Å²) < 4.78 is 189. The van der Waals surface area contributed by atoms with Gasteiger partial charge in [-0.3, -0.25) is 0 Å². The van der Waals surface area contributed by atoms with Gasteiger partial charge in [0.1, 0.15) is 13.2 Å². The highest BCUT2D eigenvalue weighted by molar-refractivity contribution is 4.77. The van der Waals surface area contributed by atoms with E-state index in [0.717, 1.165) is 32.1 Å². The summed E-state index contributed by atoms with van der Waals surface area (Å²) >= 11 is 0. The molecule has 0 aliphatic heterocycles. The Kier molecular flexibility index (Phi) is 20.1. The van der Waals surface area contributed by atoms with E-state index >= 15 is 0 Å². The second-order valence-corrected chi connectivity index (χ2v) is 9.25. The van der Waals surface area contributed by atoms with Crippen LogP contribution in [0.25, 0.3) is 0 Å². The Morgan fingerprint density at radius 3 is 1.24 bits per heavy atom. The van der Waals surface area contributed by atoms with Crippen LogP contribution < -0.4 is 0 Å². The number of hydrogen-bond acceptors (Lipinski definition) is 8. The van der Waals surface area contributed by atoms with Crippen LogP contribution in [0.4, 0.5) is 52.7 Å². The summed E-state index contributed by atoms with van der Waals surface area (Å²) in [7, 11) is 0. The van der Waals surface area contributed by atoms with Crippen LogP contribution in [0.5, 0.6) is 0 Å². The zero-order valence-electron chi connectivity index (χ0n) is 24.1. The van der Waals surface area contributed by atoms with E-state index in [1.807, 2.05) is 4.74 Å². The molecule has 0 bridgehead atoms. The molecule has 0 unspecified atom stereocenters. The lowest BCUT2D eigenvalue weighted by Gasteiger charge is -2.34. The van der Waals surface area contributed by atoms with Gasteiger partial charge in [0.05, 0.1) is 39.6 Å². The maximum atomic E-state index is 13.7. The molecule has 0 saturated carbocycles. The minimum Gasteiger partial charge on any atom is -0.394 e. The zero-order chi connectivity index (χ0) is 34.7. The Bertz CT molecular complexity index is 791. The molecule has 0 aliphatic carbocycles. The summed E-state index contributed by atoms with van der Waals surface area (Å²) in [6, 6.07) is 0. The van der Waals surface area contributed by atoms with Gasteiger partial charge >= 0.3 is 36.7 Å². The largest absolute Gasteiger partial charge is 0.453 e. The Hall–Kier alpha value is -1.42. The molecule has 0 rings (SSSR count). The summed E-state index contributed by atoms with van der Waals surface area (Å²) in [6.45, 7) is -2.72. The number of aliphatic hydroxyl groups is 1. The molecule has 270 valence electrons. The van der Waals surface area contributed by atoms with Gasteiger partial charge in [0.2, 0.25) is 0 Å². The highest BCUT2D eigenvalue weighted by Crippen LogP contribution is 2.48. The molecule has 0 aliphatic rings. The summed E-state index contributed by atoms with van der Waals surface area (Å²) in [5, 5.41) is 8.47. The van der Waals surface area contributed by atoms with Crippen LogP contribution in [0.3, 0.4) is 0 Å². The number of aliphatic hydroxyl groups excluding tert-OH is 1. The maximum Gasteiger partial charge on any atom is 0.453 e. The molecule has 0 heterocycles. The molecule has 20 heteroatoms. The lowest BCUT2D eigenvalue weighted by Crippen LogP contribution is -2.58. The zero-order valence-corrected chi connectivity index (χ0v) is 24.1. The molecule has 0 saturated heterocycles. The molecular formula is C25H38F12O8. The lowest BCUT2D eigenvalue weighted by atomic mass is 10.1. The normalized spacial score (nSPS) is 13.9. The van der Waals surface area contributed by atoms with Crippen LogP contribution in [0.2, 0.25) is 0 Å². The van der Waals surface area contributed by atoms with Crippen LogP contribution in [-0.4, -0.2) is 101 Å². The number of halogens is 12. The second-order valence-electron chi connectivity index (χ2n) is 9.25. The summed E-state index contributed by atoms with van der Waals surface area (Å²) in [6.07, 6.45) is -30.3. The first-order chi connectivity index (χ1) is 20.7. The number of hydrogen-bond donors (Lipinski definition) is 1. The minimum atomic E-state index is -6.94. The van der Waals surface area contributed by atoms with Crippen LogP contribution in [0.1, 0.15) is 51.4 Å². The van der Waals surface area contributed by atoms with E-state index in [1.54, 1.807) is 6.08 Å². The summed E-state index contributed by atoms with van der Waals surface area (Å²) in [5.41, 5.74) is 0. The monoisotopic (exact) mass is 694 g/mol. The van der Waals surface area contributed by atoms with Crippen molar-refractivity contribution in [1.29, 1.82) is 0 Å². The van der Waals surface area contributed by atoms with Crippen molar-refractivity contribution in [3.8, 4) is 0 Å². The fourth-order valence-electron chi connectivity index (χ4n) is 3.10. The first-order valence-corrected chi connectivity index (χ1v) is 13.6. The fraction of sp³-hybridized carbons (Fsp3) is 0.920. The molecule has 45 heavy (non-hydrogen) atoms. The SMILES string of the molecule is C=CCCCCCCCCCOCC(F)(F)OC(F)(F)C(F)(F)OC(F)(F)C(F)(F)OC(F)(F)COCCOCCOCCO. The average molecular weight is 695 g/mol. The molecule has 1 N–H and O–H groups in total. The van der Waals surface area contributed by atoms with Crippen molar-refractivity contribution in [2.24, 2.45) is 0 Å². The first-order valence-electron chi connectivity index (χ1n) is 13.6. The molecule has 0 aromatic rings. The smallest absolute Gasteiger partial charge is 0.394 e. The van der Waals surface area contributed by atoms with E-state index in [2.05, 4.69) is 25.5 Å². The van der Waals surface area contributed by atoms with Gasteiger partial charge in [-0.15, -0.1) is 6.58 Å². The first kappa shape index (κ1) is 43.6. The van der Waals surface area contributed by atoms with E-state index < -0.39 is 69.7 Å². The van der Waals surface area contributed by atoms with Crippen molar-refractivity contribution in [2.45, 2.75) is 88.0 Å². The van der Waals surface area contributed by atoms with Crippen molar-refractivity contribution in [1.82, 2.24) is 0 Å². The number of ether oxygens (including phenoxy) is 7.